The number of aliphatic hydroxyl groups excluding tert-OH is 23. The average Bonchev–Trinajstić information content (AvgIpc) is 0.758. The molecule has 0 spiro atoms. The molecular weight excluding hydrogens is 1680 g/mol. The normalized spacial score (nSPS) is 39.4. The van der Waals surface area contributed by atoms with E-state index in [-0.39, 0.29) is 12.8 Å². The van der Waals surface area contributed by atoms with Crippen LogP contribution in [0.2, 0.25) is 0 Å². The number of rotatable bonds is 57. The summed E-state index contributed by atoms with van der Waals surface area (Å²) < 4.78 is 104. The number of hydrogen-bond donors (Lipinski definition) is 24. The van der Waals surface area contributed by atoms with Gasteiger partial charge in [-0.2, -0.15) is 0 Å². The molecule has 44 heteroatoms. The molecule has 38 atom stereocenters. The molecule has 0 aromatic rings. The SMILES string of the molecule is CCCCCCCCCCCCCCCCCC(=O)O[C@H](COC(=O)CCCCCCCCCCCCCCCC)COP(=O)(O)O[C@@H]1C(O[C@@H]2OC(CO[C@@H]3OC(CO[C@@H]4OC(CO[C@@H]5OC(CO[C@@H]6OC(CO)[C@H](O)C(O)[C@@H]6O)[C@H](O)C(O)[C@@H]5O)[C@H](O)C(O)[C@@H]4O)[C@H](O)C(O)[C@@H]3O)[C@H](O)C(O)[C@@H]2O)C(O)[C@@H](O)C(O)[C@H]1O[C@H]1OC(CO)[C@@H](O)C(O)[C@H]1O. The molecule has 6 aliphatic heterocycles. The van der Waals surface area contributed by atoms with Crippen LogP contribution in [0.3, 0.4) is 0 Å². The molecule has 1 saturated carbocycles. The molecule has 0 amide bonds. The number of esters is 2. The lowest BCUT2D eigenvalue weighted by Gasteiger charge is -2.49. The second-order valence-electron chi connectivity index (χ2n) is 33.6. The third-order valence-corrected chi connectivity index (χ3v) is 24.8. The number of phosphoric acid groups is 1. The summed E-state index contributed by atoms with van der Waals surface area (Å²) in [5, 5.41) is 251. The summed E-state index contributed by atoms with van der Waals surface area (Å²) in [5.41, 5.74) is 0. The minimum absolute atomic E-state index is 0.0270. The predicted molar refractivity (Wildman–Crippen MR) is 422 cm³/mol. The van der Waals surface area contributed by atoms with Gasteiger partial charge in [0.15, 0.2) is 43.8 Å². The summed E-state index contributed by atoms with van der Waals surface area (Å²) in [4.78, 5) is 38.5. The van der Waals surface area contributed by atoms with Crippen LogP contribution in [-0.4, -0.2) is 414 Å². The van der Waals surface area contributed by atoms with Gasteiger partial charge in [0, 0.05) is 12.8 Å². The molecule has 7 fully saturated rings. The van der Waals surface area contributed by atoms with Crippen LogP contribution in [0.4, 0.5) is 0 Å². The van der Waals surface area contributed by atoms with E-state index in [9.17, 15) is 136 Å². The Bertz CT molecular complexity index is 2950. The Hall–Kier alpha value is -2.35. The number of carbonyl (C=O) groups is 2. The van der Waals surface area contributed by atoms with Crippen LogP contribution in [0, 0.1) is 0 Å². The first-order chi connectivity index (χ1) is 59.2. The number of phosphoric ester groups is 1. The topological polar surface area (TPSA) is 684 Å². The van der Waals surface area contributed by atoms with Gasteiger partial charge in [-0.15, -0.1) is 0 Å². The van der Waals surface area contributed by atoms with E-state index in [0.29, 0.717) is 19.3 Å². The smallest absolute Gasteiger partial charge is 0.462 e. The molecule has 0 bridgehead atoms. The molecule has 124 heavy (non-hydrogen) atoms. The average molecular weight is 1830 g/mol. The van der Waals surface area contributed by atoms with Gasteiger partial charge in [0.1, 0.15) is 190 Å². The van der Waals surface area contributed by atoms with Crippen molar-refractivity contribution < 1.29 is 212 Å². The van der Waals surface area contributed by atoms with E-state index < -0.39 is 300 Å². The summed E-state index contributed by atoms with van der Waals surface area (Å²) in [6.07, 6.45) is -46.2. The molecule has 0 radical (unpaired) electrons. The molecular formula is C80H145O43P. The van der Waals surface area contributed by atoms with Crippen molar-refractivity contribution in [3.05, 3.63) is 0 Å². The van der Waals surface area contributed by atoms with E-state index in [1.807, 2.05) is 0 Å². The molecule has 0 aromatic heterocycles. The highest BCUT2D eigenvalue weighted by atomic mass is 31.2. The molecule has 24 N–H and O–H groups in total. The maximum atomic E-state index is 14.5. The maximum absolute atomic E-state index is 14.5. The van der Waals surface area contributed by atoms with Crippen molar-refractivity contribution in [2.24, 2.45) is 0 Å². The molecule has 16 unspecified atom stereocenters. The van der Waals surface area contributed by atoms with Crippen molar-refractivity contribution >= 4 is 19.8 Å². The van der Waals surface area contributed by atoms with Crippen molar-refractivity contribution in [2.45, 2.75) is 440 Å². The second kappa shape index (κ2) is 56.0. The summed E-state index contributed by atoms with van der Waals surface area (Å²) in [5.74, 6) is -1.49. The fourth-order valence-electron chi connectivity index (χ4n) is 15.9. The number of unbranched alkanes of at least 4 members (excludes halogenated alkanes) is 27. The summed E-state index contributed by atoms with van der Waals surface area (Å²) in [6, 6.07) is 0. The highest BCUT2D eigenvalue weighted by Gasteiger charge is 2.60. The highest BCUT2D eigenvalue weighted by molar-refractivity contribution is 7.47. The largest absolute Gasteiger partial charge is 0.472 e. The third kappa shape index (κ3) is 32.8. The van der Waals surface area contributed by atoms with Gasteiger partial charge >= 0.3 is 19.8 Å². The van der Waals surface area contributed by atoms with Crippen LogP contribution in [0.25, 0.3) is 0 Å². The molecule has 7 rings (SSSR count). The molecule has 7 aliphatic rings. The maximum Gasteiger partial charge on any atom is 0.472 e. The summed E-state index contributed by atoms with van der Waals surface area (Å²) >= 11 is 0. The molecule has 0 aromatic carbocycles. The fourth-order valence-corrected chi connectivity index (χ4v) is 16.8. The third-order valence-electron chi connectivity index (χ3n) is 23.8. The second-order valence-corrected chi connectivity index (χ2v) is 35.0. The highest BCUT2D eigenvalue weighted by Crippen LogP contribution is 2.49. The molecule has 1 aliphatic carbocycles. The Morgan fingerprint density at radius 1 is 0.290 bits per heavy atom. The molecule has 6 heterocycles. The van der Waals surface area contributed by atoms with Gasteiger partial charge in [0.25, 0.3) is 0 Å². The van der Waals surface area contributed by atoms with Gasteiger partial charge < -0.3 is 189 Å². The first-order valence-corrected chi connectivity index (χ1v) is 45.9. The van der Waals surface area contributed by atoms with Gasteiger partial charge in [0.05, 0.1) is 46.2 Å². The van der Waals surface area contributed by atoms with Crippen molar-refractivity contribution in [3.63, 3.8) is 0 Å². The Labute approximate surface area is 721 Å². The summed E-state index contributed by atoms with van der Waals surface area (Å²) in [6.45, 7) is -2.88. The van der Waals surface area contributed by atoms with Gasteiger partial charge in [-0.25, -0.2) is 4.57 Å². The fraction of sp³-hybridized carbons (Fsp3) is 0.975. The van der Waals surface area contributed by atoms with Gasteiger partial charge in [0.2, 0.25) is 0 Å². The Kier molecular flexibility index (Phi) is 49.1. The van der Waals surface area contributed by atoms with Crippen LogP contribution in [0.1, 0.15) is 213 Å². The van der Waals surface area contributed by atoms with E-state index in [1.54, 1.807) is 0 Å². The molecule has 43 nitrogen and oxygen atoms in total. The first kappa shape index (κ1) is 109. The van der Waals surface area contributed by atoms with E-state index >= 15 is 0 Å². The minimum atomic E-state index is -5.88. The van der Waals surface area contributed by atoms with Crippen molar-refractivity contribution in [1.29, 1.82) is 0 Å². The van der Waals surface area contributed by atoms with Crippen LogP contribution in [-0.2, 0) is 89.5 Å². The number of ether oxygens (including phenoxy) is 14. The van der Waals surface area contributed by atoms with E-state index in [0.717, 1.165) is 70.6 Å². The van der Waals surface area contributed by atoms with Crippen LogP contribution >= 0.6 is 7.82 Å². The van der Waals surface area contributed by atoms with E-state index in [2.05, 4.69) is 13.8 Å². The number of aliphatic hydroxyl groups is 23. The van der Waals surface area contributed by atoms with E-state index in [1.165, 1.54) is 96.3 Å². The first-order valence-electron chi connectivity index (χ1n) is 44.4. The van der Waals surface area contributed by atoms with Crippen LogP contribution < -0.4 is 0 Å². The van der Waals surface area contributed by atoms with E-state index in [4.69, 9.17) is 75.4 Å². The lowest BCUT2D eigenvalue weighted by atomic mass is 9.84. The quantitative estimate of drug-likeness (QED) is 0.0156. The number of hydrogen-bond acceptors (Lipinski definition) is 42. The molecule has 728 valence electrons. The zero-order chi connectivity index (χ0) is 90.9. The van der Waals surface area contributed by atoms with Gasteiger partial charge in [-0.3, -0.25) is 18.6 Å². The van der Waals surface area contributed by atoms with Crippen LogP contribution in [0.5, 0.6) is 0 Å². The Balaban J connectivity index is 0.998. The van der Waals surface area contributed by atoms with Crippen molar-refractivity contribution in [1.82, 2.24) is 0 Å². The Morgan fingerprint density at radius 3 is 0.831 bits per heavy atom. The lowest BCUT2D eigenvalue weighted by Crippen LogP contribution is -2.69. The predicted octanol–water partition coefficient (Wildman–Crippen LogP) is -4.16. The lowest BCUT2D eigenvalue weighted by molar-refractivity contribution is -0.365. The summed E-state index contributed by atoms with van der Waals surface area (Å²) in [7, 11) is -5.88. The van der Waals surface area contributed by atoms with Crippen molar-refractivity contribution in [2.75, 3.05) is 52.9 Å². The zero-order valence-corrected chi connectivity index (χ0v) is 71.8. The minimum Gasteiger partial charge on any atom is -0.462 e. The van der Waals surface area contributed by atoms with Crippen molar-refractivity contribution in [3.8, 4) is 0 Å². The Morgan fingerprint density at radius 2 is 0.532 bits per heavy atom. The monoisotopic (exact) mass is 1820 g/mol. The standard InChI is InChI=1S/C80H145O43P/c1-3-5-7-9-11-13-15-17-19-21-23-25-27-29-31-33-50(84)114-42(36-108-49(83)32-30-28-26-24-22-20-18-16-14-12-10-8-6-4-2)37-113-124(106,107)123-74-72(121-79-70(104)58(92)52(86)44(35-82)116-79)64(98)63(97)65(99)73(74)122-80-71(105)62(96)56(90)48(120-80)41-112-78-69(103)61(95)55(89)47(119-78)40-111-77-68(102)60(94)54(88)46(118-77)39-110-76-67(101)59(93)53(87)45(117-76)38-109-75-66(100)57(91)51(85)43(34-81)115-75/h42-48,51-82,85-105H,3-41H2,1-2H3,(H,106,107)/t42-,43?,44?,45?,46?,47?,48?,51+,52-,53+,54+,55+,56+,57?,58?,59?,60?,61?,62?,63+,64?,65?,66+,67+,68+,69+,70-,71+,72-,73?,74+,75-,76-,77-,78-,79-,80+/m1/s1. The number of carbonyl (C=O) groups excluding carboxylic acids is 2. The van der Waals surface area contributed by atoms with Gasteiger partial charge in [-0.05, 0) is 12.8 Å². The van der Waals surface area contributed by atoms with Gasteiger partial charge in [-0.1, -0.05) is 187 Å². The van der Waals surface area contributed by atoms with Crippen LogP contribution in [0.15, 0.2) is 0 Å². The zero-order valence-electron chi connectivity index (χ0n) is 70.9. The molecule has 6 saturated heterocycles.